The molecule has 4 rings (SSSR count). The zero-order valence-corrected chi connectivity index (χ0v) is 12.7. The molecule has 2 heterocycles. The highest BCUT2D eigenvalue weighted by Gasteiger charge is 2.39. The Bertz CT molecular complexity index is 623. The van der Waals surface area contributed by atoms with Crippen LogP contribution in [0.5, 0.6) is 0 Å². The number of hydrazine groups is 1. The van der Waals surface area contributed by atoms with E-state index in [1.807, 2.05) is 16.9 Å². The molecule has 1 saturated carbocycles. The second kappa shape index (κ2) is 5.83. The second-order valence-corrected chi connectivity index (χ2v) is 6.55. The average molecular weight is 297 g/mol. The number of aromatic nitrogens is 2. The Hall–Kier alpha value is -1.69. The maximum absolute atomic E-state index is 6.14. The lowest BCUT2D eigenvalue weighted by molar-refractivity contribution is 0.278. The van der Waals surface area contributed by atoms with E-state index in [0.29, 0.717) is 17.9 Å². The van der Waals surface area contributed by atoms with E-state index in [9.17, 15) is 0 Å². The molecule has 1 saturated heterocycles. The summed E-state index contributed by atoms with van der Waals surface area (Å²) in [6.07, 6.45) is 7.85. The minimum absolute atomic E-state index is 0.0761. The predicted molar refractivity (Wildman–Crippen MR) is 85.9 cm³/mol. The van der Waals surface area contributed by atoms with Gasteiger partial charge in [-0.3, -0.25) is 10.1 Å². The summed E-state index contributed by atoms with van der Waals surface area (Å²) < 4.78 is 2.04. The highest BCUT2D eigenvalue weighted by molar-refractivity contribution is 5.18. The van der Waals surface area contributed by atoms with E-state index < -0.39 is 0 Å². The molecule has 2 fully saturated rings. The van der Waals surface area contributed by atoms with Crippen molar-refractivity contribution in [3.63, 3.8) is 0 Å². The van der Waals surface area contributed by atoms with E-state index in [-0.39, 0.29) is 6.17 Å². The average Bonchev–Trinajstić information content (AvgIpc) is 3.16. The van der Waals surface area contributed by atoms with Crippen LogP contribution in [-0.2, 0) is 6.54 Å². The number of fused-ring (bicyclic) bond motifs is 1. The Morgan fingerprint density at radius 2 is 2.05 bits per heavy atom. The Balaban J connectivity index is 1.45. The van der Waals surface area contributed by atoms with E-state index in [4.69, 9.17) is 5.73 Å². The first-order chi connectivity index (χ1) is 10.8. The van der Waals surface area contributed by atoms with Gasteiger partial charge in [0, 0.05) is 18.2 Å². The predicted octanol–water partition coefficient (Wildman–Crippen LogP) is 1.58. The summed E-state index contributed by atoms with van der Waals surface area (Å²) in [5.74, 6) is 1.11. The van der Waals surface area contributed by atoms with Crippen LogP contribution in [-0.4, -0.2) is 22.0 Å². The Labute approximate surface area is 130 Å². The van der Waals surface area contributed by atoms with Crippen molar-refractivity contribution in [1.82, 2.24) is 20.6 Å². The van der Waals surface area contributed by atoms with Gasteiger partial charge < -0.3 is 5.73 Å². The molecule has 5 heteroatoms. The van der Waals surface area contributed by atoms with E-state index >= 15 is 0 Å². The molecular weight excluding hydrogens is 274 g/mol. The van der Waals surface area contributed by atoms with Crippen LogP contribution in [0.3, 0.4) is 0 Å². The molecule has 1 aromatic heterocycles. The highest BCUT2D eigenvalue weighted by Crippen LogP contribution is 2.38. The molecule has 0 spiro atoms. The van der Waals surface area contributed by atoms with Gasteiger partial charge in [0.05, 0.1) is 18.9 Å². The molecule has 116 valence electrons. The van der Waals surface area contributed by atoms with Crippen LogP contribution in [0.2, 0.25) is 0 Å². The number of nitrogens with zero attached hydrogens (tertiary/aromatic N) is 2. The largest absolute Gasteiger partial charge is 0.315 e. The molecule has 22 heavy (non-hydrogen) atoms. The van der Waals surface area contributed by atoms with Gasteiger partial charge in [0.15, 0.2) is 0 Å². The summed E-state index contributed by atoms with van der Waals surface area (Å²) in [4.78, 5) is 0. The number of nitrogens with two attached hydrogens (primary N) is 1. The van der Waals surface area contributed by atoms with Crippen LogP contribution in [0.25, 0.3) is 0 Å². The van der Waals surface area contributed by atoms with Gasteiger partial charge in [-0.2, -0.15) is 5.10 Å². The number of hydrogen-bond acceptors (Lipinski definition) is 4. The van der Waals surface area contributed by atoms with E-state index in [1.165, 1.54) is 24.0 Å². The van der Waals surface area contributed by atoms with Crippen molar-refractivity contribution in [3.8, 4) is 0 Å². The molecule has 2 aliphatic rings. The molecule has 0 radical (unpaired) electrons. The smallest absolute Gasteiger partial charge is 0.0723 e. The third-order valence-electron chi connectivity index (χ3n) is 5.11. The maximum Gasteiger partial charge on any atom is 0.0723 e. The summed E-state index contributed by atoms with van der Waals surface area (Å²) >= 11 is 0. The topological polar surface area (TPSA) is 67.9 Å². The third kappa shape index (κ3) is 2.67. The minimum atomic E-state index is 0.0761. The molecule has 4 N–H and O–H groups in total. The minimum Gasteiger partial charge on any atom is -0.315 e. The third-order valence-corrected chi connectivity index (χ3v) is 5.11. The Kier molecular flexibility index (Phi) is 3.70. The van der Waals surface area contributed by atoms with Crippen molar-refractivity contribution in [2.75, 3.05) is 0 Å². The van der Waals surface area contributed by atoms with Gasteiger partial charge in [0.25, 0.3) is 0 Å². The number of nitrogens with one attached hydrogen (secondary N) is 2. The normalized spacial score (nSPS) is 31.1. The molecule has 5 nitrogen and oxygen atoms in total. The second-order valence-electron chi connectivity index (χ2n) is 6.55. The fraction of sp³-hybridized carbons (Fsp3) is 0.471. The first-order valence-electron chi connectivity index (χ1n) is 8.12. The Morgan fingerprint density at radius 1 is 1.18 bits per heavy atom. The molecule has 1 aromatic carbocycles. The zero-order valence-electron chi connectivity index (χ0n) is 12.7. The van der Waals surface area contributed by atoms with E-state index in [1.54, 1.807) is 0 Å². The fourth-order valence-corrected chi connectivity index (χ4v) is 3.84. The first kappa shape index (κ1) is 13.9. The van der Waals surface area contributed by atoms with Crippen molar-refractivity contribution in [2.45, 2.75) is 43.9 Å². The summed E-state index contributed by atoms with van der Waals surface area (Å²) in [6.45, 7) is 0.836. The van der Waals surface area contributed by atoms with Crippen LogP contribution in [0.1, 0.15) is 36.3 Å². The molecule has 4 atom stereocenters. The molecule has 1 aliphatic heterocycles. The van der Waals surface area contributed by atoms with Crippen LogP contribution in [0.4, 0.5) is 0 Å². The van der Waals surface area contributed by atoms with Crippen molar-refractivity contribution < 1.29 is 0 Å². The van der Waals surface area contributed by atoms with E-state index in [0.717, 1.165) is 13.0 Å². The molecule has 2 aromatic rings. The number of hydrogen-bond donors (Lipinski definition) is 3. The molecule has 0 amide bonds. The lowest BCUT2D eigenvalue weighted by atomic mass is 9.76. The number of benzene rings is 1. The van der Waals surface area contributed by atoms with Crippen molar-refractivity contribution in [3.05, 3.63) is 53.9 Å². The molecular formula is C17H23N5. The van der Waals surface area contributed by atoms with Crippen LogP contribution in [0, 0.1) is 5.92 Å². The SMILES string of the molecule is NC1NNC2CCC(c3cnn(Cc4ccccc4)c3)CC12. The molecule has 4 unspecified atom stereocenters. The first-order valence-corrected chi connectivity index (χ1v) is 8.12. The fourth-order valence-electron chi connectivity index (χ4n) is 3.84. The Morgan fingerprint density at radius 3 is 2.91 bits per heavy atom. The van der Waals surface area contributed by atoms with Gasteiger partial charge in [-0.1, -0.05) is 30.3 Å². The van der Waals surface area contributed by atoms with Gasteiger partial charge in [0.2, 0.25) is 0 Å². The van der Waals surface area contributed by atoms with Gasteiger partial charge >= 0.3 is 0 Å². The molecule has 0 bridgehead atoms. The maximum atomic E-state index is 6.14. The van der Waals surface area contributed by atoms with Gasteiger partial charge in [0.1, 0.15) is 0 Å². The van der Waals surface area contributed by atoms with Crippen molar-refractivity contribution in [1.29, 1.82) is 0 Å². The summed E-state index contributed by atoms with van der Waals surface area (Å²) in [6, 6.07) is 11.0. The summed E-state index contributed by atoms with van der Waals surface area (Å²) in [7, 11) is 0. The standard InChI is InChI=1S/C17H23N5/c18-17-15-8-13(6-7-16(15)20-21-17)14-9-19-22(11-14)10-12-4-2-1-3-5-12/h1-5,9,11,13,15-17,20-21H,6-8,10,18H2. The van der Waals surface area contributed by atoms with Gasteiger partial charge in [-0.25, -0.2) is 5.43 Å². The number of rotatable bonds is 3. The van der Waals surface area contributed by atoms with Gasteiger partial charge in [-0.15, -0.1) is 0 Å². The van der Waals surface area contributed by atoms with Crippen LogP contribution in [0.15, 0.2) is 42.7 Å². The monoisotopic (exact) mass is 297 g/mol. The van der Waals surface area contributed by atoms with Crippen LogP contribution < -0.4 is 16.6 Å². The van der Waals surface area contributed by atoms with E-state index in [2.05, 4.69) is 46.4 Å². The summed E-state index contributed by atoms with van der Waals surface area (Å²) in [5.41, 5.74) is 15.3. The zero-order chi connectivity index (χ0) is 14.9. The van der Waals surface area contributed by atoms with Crippen molar-refractivity contribution >= 4 is 0 Å². The summed E-state index contributed by atoms with van der Waals surface area (Å²) in [5, 5.41) is 4.55. The van der Waals surface area contributed by atoms with Crippen LogP contribution >= 0.6 is 0 Å². The lowest BCUT2D eigenvalue weighted by Gasteiger charge is -2.31. The van der Waals surface area contributed by atoms with Crippen molar-refractivity contribution in [2.24, 2.45) is 11.7 Å². The lowest BCUT2D eigenvalue weighted by Crippen LogP contribution is -2.39. The van der Waals surface area contributed by atoms with Gasteiger partial charge in [-0.05, 0) is 36.3 Å². The molecule has 1 aliphatic carbocycles. The quantitative estimate of drug-likeness (QED) is 0.804. The highest BCUT2D eigenvalue weighted by atomic mass is 15.5.